The summed E-state index contributed by atoms with van der Waals surface area (Å²) < 4.78 is 24.1. The quantitative estimate of drug-likeness (QED) is 0.493. The Labute approximate surface area is 156 Å². The molecule has 2 spiro atoms. The Morgan fingerprint density at radius 3 is 2.67 bits per heavy atom. The van der Waals surface area contributed by atoms with Crippen LogP contribution in [-0.2, 0) is 23.7 Å². The average molecular weight is 376 g/mol. The van der Waals surface area contributed by atoms with Crippen LogP contribution in [0.15, 0.2) is 11.1 Å². The van der Waals surface area contributed by atoms with E-state index in [1.165, 1.54) is 0 Å². The number of fused-ring (bicyclic) bond motifs is 4. The number of aliphatic hydroxyl groups is 2. The summed E-state index contributed by atoms with van der Waals surface area (Å²) in [5.74, 6) is -0.186. The maximum atomic E-state index is 12.1. The van der Waals surface area contributed by atoms with Crippen LogP contribution in [0.25, 0.3) is 0 Å². The maximum Gasteiger partial charge on any atom is 0.337 e. The van der Waals surface area contributed by atoms with Crippen molar-refractivity contribution in [2.45, 2.75) is 80.9 Å². The summed E-state index contributed by atoms with van der Waals surface area (Å²) in [6.07, 6.45) is -0.861. The van der Waals surface area contributed by atoms with Crippen LogP contribution in [0, 0.1) is 17.3 Å². The Bertz CT molecular complexity index is 851. The first-order valence-corrected chi connectivity index (χ1v) is 10.1. The summed E-state index contributed by atoms with van der Waals surface area (Å²) in [4.78, 5) is 12.1. The van der Waals surface area contributed by atoms with Gasteiger partial charge in [0.2, 0.25) is 0 Å². The molecule has 7 nitrogen and oxygen atoms in total. The lowest BCUT2D eigenvalue weighted by molar-refractivity contribution is -0.137. The molecule has 0 aromatic rings. The number of epoxide rings is 3. The zero-order valence-electron chi connectivity index (χ0n) is 15.6. The van der Waals surface area contributed by atoms with Crippen molar-refractivity contribution < 1.29 is 34.0 Å². The van der Waals surface area contributed by atoms with Gasteiger partial charge in [0.1, 0.15) is 36.1 Å². The van der Waals surface area contributed by atoms with E-state index < -0.39 is 40.4 Å². The SMILES string of the molecule is CC(C)[C@]12O[C@H]1C1O[C@@]13[C@@]1(C)C[C@H](O)C4=C(COC4=O)C1CC1O[C@@]13[C@@H]2O. The summed E-state index contributed by atoms with van der Waals surface area (Å²) in [5.41, 5.74) is -1.12. The van der Waals surface area contributed by atoms with Crippen molar-refractivity contribution in [2.75, 3.05) is 6.61 Å². The maximum absolute atomic E-state index is 12.1. The van der Waals surface area contributed by atoms with Crippen molar-refractivity contribution in [3.8, 4) is 0 Å². The number of esters is 1. The van der Waals surface area contributed by atoms with Crippen molar-refractivity contribution in [1.82, 2.24) is 0 Å². The lowest BCUT2D eigenvalue weighted by Gasteiger charge is -2.54. The number of ether oxygens (including phenoxy) is 4. The molecule has 146 valence electrons. The third kappa shape index (κ3) is 1.27. The van der Waals surface area contributed by atoms with E-state index in [0.29, 0.717) is 18.4 Å². The lowest BCUT2D eigenvalue weighted by Crippen LogP contribution is -2.69. The van der Waals surface area contributed by atoms with Gasteiger partial charge in [0, 0.05) is 5.41 Å². The Balaban J connectivity index is 1.40. The predicted molar refractivity (Wildman–Crippen MR) is 88.5 cm³/mol. The van der Waals surface area contributed by atoms with Crippen molar-refractivity contribution in [2.24, 2.45) is 17.3 Å². The molecule has 0 bridgehead atoms. The van der Waals surface area contributed by atoms with E-state index in [1.807, 2.05) is 0 Å². The highest BCUT2D eigenvalue weighted by Gasteiger charge is 3.00. The van der Waals surface area contributed by atoms with Gasteiger partial charge < -0.3 is 29.2 Å². The van der Waals surface area contributed by atoms with E-state index in [1.54, 1.807) is 0 Å². The molecule has 3 unspecified atom stereocenters. The first-order chi connectivity index (χ1) is 12.8. The monoisotopic (exact) mass is 376 g/mol. The Hall–Kier alpha value is -0.990. The van der Waals surface area contributed by atoms with Gasteiger partial charge in [0.25, 0.3) is 0 Å². The lowest BCUT2D eigenvalue weighted by atomic mass is 9.46. The third-order valence-corrected chi connectivity index (χ3v) is 9.09. The van der Waals surface area contributed by atoms with Crippen LogP contribution >= 0.6 is 0 Å². The summed E-state index contributed by atoms with van der Waals surface area (Å²) in [5, 5.41) is 22.3. The molecule has 5 fully saturated rings. The highest BCUT2D eigenvalue weighted by molar-refractivity contribution is 5.93. The van der Waals surface area contributed by atoms with Gasteiger partial charge in [-0.3, -0.25) is 0 Å². The van der Waals surface area contributed by atoms with Gasteiger partial charge in [-0.05, 0) is 30.3 Å². The first-order valence-electron chi connectivity index (χ1n) is 10.1. The van der Waals surface area contributed by atoms with E-state index in [2.05, 4.69) is 20.8 Å². The highest BCUT2D eigenvalue weighted by atomic mass is 16.7. The molecule has 27 heavy (non-hydrogen) atoms. The van der Waals surface area contributed by atoms with Crippen LogP contribution in [0.3, 0.4) is 0 Å². The van der Waals surface area contributed by atoms with Gasteiger partial charge in [0.15, 0.2) is 5.60 Å². The minimum Gasteiger partial charge on any atom is -0.458 e. The van der Waals surface area contributed by atoms with Gasteiger partial charge in [-0.1, -0.05) is 20.8 Å². The van der Waals surface area contributed by atoms with Crippen LogP contribution in [0.1, 0.15) is 33.6 Å². The molecule has 4 heterocycles. The van der Waals surface area contributed by atoms with Crippen LogP contribution in [0.4, 0.5) is 0 Å². The fourth-order valence-electron chi connectivity index (χ4n) is 7.80. The smallest absolute Gasteiger partial charge is 0.337 e. The number of hydrogen-bond donors (Lipinski definition) is 2. The van der Waals surface area contributed by atoms with E-state index in [0.717, 1.165) is 5.57 Å². The highest BCUT2D eigenvalue weighted by Crippen LogP contribution is 2.82. The molecule has 2 N–H and O–H groups in total. The number of aliphatic hydroxyl groups excluding tert-OH is 2. The van der Waals surface area contributed by atoms with Crippen LogP contribution in [0.5, 0.6) is 0 Å². The summed E-state index contributed by atoms with van der Waals surface area (Å²) >= 11 is 0. The first kappa shape index (κ1) is 15.9. The fourth-order valence-corrected chi connectivity index (χ4v) is 7.80. The third-order valence-electron chi connectivity index (χ3n) is 9.09. The summed E-state index contributed by atoms with van der Waals surface area (Å²) in [7, 11) is 0. The Morgan fingerprint density at radius 2 is 1.93 bits per heavy atom. The number of cyclic esters (lactones) is 1. The molecule has 4 aliphatic heterocycles. The molecular weight excluding hydrogens is 352 g/mol. The second-order valence-corrected chi connectivity index (χ2v) is 10.1. The van der Waals surface area contributed by atoms with Gasteiger partial charge in [-0.2, -0.15) is 0 Å². The molecule has 0 aromatic heterocycles. The van der Waals surface area contributed by atoms with Gasteiger partial charge >= 0.3 is 5.97 Å². The van der Waals surface area contributed by atoms with E-state index in [-0.39, 0.29) is 36.8 Å². The van der Waals surface area contributed by atoms with Crippen molar-refractivity contribution in [1.29, 1.82) is 0 Å². The van der Waals surface area contributed by atoms with E-state index in [9.17, 15) is 15.0 Å². The van der Waals surface area contributed by atoms with Crippen LogP contribution in [0.2, 0.25) is 0 Å². The summed E-state index contributed by atoms with van der Waals surface area (Å²) in [6, 6.07) is 0. The van der Waals surface area contributed by atoms with Gasteiger partial charge in [0.05, 0.1) is 17.8 Å². The molecular formula is C20H24O7. The molecule has 10 atom stereocenters. The number of hydrogen-bond acceptors (Lipinski definition) is 7. The molecule has 2 saturated carbocycles. The Morgan fingerprint density at radius 1 is 1.15 bits per heavy atom. The van der Waals surface area contributed by atoms with Crippen LogP contribution < -0.4 is 0 Å². The van der Waals surface area contributed by atoms with E-state index in [4.69, 9.17) is 18.9 Å². The van der Waals surface area contributed by atoms with Crippen LogP contribution in [-0.4, -0.2) is 70.1 Å². The zero-order chi connectivity index (χ0) is 18.7. The number of carbonyl (C=O) groups is 1. The Kier molecular flexibility index (Phi) is 2.35. The number of carbonyl (C=O) groups excluding carboxylic acids is 1. The molecule has 0 amide bonds. The normalized spacial score (nSPS) is 64.0. The molecule has 0 aromatic carbocycles. The van der Waals surface area contributed by atoms with Gasteiger partial charge in [-0.25, -0.2) is 4.79 Å². The minimum absolute atomic E-state index is 0.0467. The van der Waals surface area contributed by atoms with Crippen molar-refractivity contribution in [3.05, 3.63) is 11.1 Å². The van der Waals surface area contributed by atoms with E-state index >= 15 is 0 Å². The van der Waals surface area contributed by atoms with Gasteiger partial charge in [-0.15, -0.1) is 0 Å². The molecule has 7 aliphatic rings. The minimum atomic E-state index is -0.864. The average Bonchev–Trinajstić information content (AvgIpc) is 3.48. The second-order valence-electron chi connectivity index (χ2n) is 10.1. The zero-order valence-corrected chi connectivity index (χ0v) is 15.6. The second kappa shape index (κ2) is 4.00. The topological polar surface area (TPSA) is 104 Å². The molecule has 0 radical (unpaired) electrons. The molecule has 3 aliphatic carbocycles. The molecule has 3 saturated heterocycles. The standard InChI is InChI=1S/C20H24O7/c1-7(2)18-13(26-18)14-20(27-14)17(3)5-10(21)12-8(6-24-15(12)22)9(17)4-11-19(20,25-11)16(18)23/h7,9-11,13-14,16,21,23H,4-6H2,1-3H3/t9?,10-,11?,13-,14?,16+,17-,18-,19+,20+/m0/s1. The van der Waals surface area contributed by atoms with Crippen molar-refractivity contribution >= 4 is 5.97 Å². The molecule has 7 heteroatoms. The summed E-state index contributed by atoms with van der Waals surface area (Å²) in [6.45, 7) is 6.51. The molecule has 7 rings (SSSR count). The van der Waals surface area contributed by atoms with Crippen molar-refractivity contribution in [3.63, 3.8) is 0 Å². The number of rotatable bonds is 1. The fraction of sp³-hybridized carbons (Fsp3) is 0.850. The largest absolute Gasteiger partial charge is 0.458 e. The predicted octanol–water partition coefficient (Wildman–Crippen LogP) is 0.0739.